The molecular weight excluding hydrogens is 251 g/mol. The van der Waals surface area contributed by atoms with Gasteiger partial charge in [0.1, 0.15) is 0 Å². The predicted molar refractivity (Wildman–Crippen MR) is 92.6 cm³/mol. The largest absolute Gasteiger partial charge is 1.00 e. The summed E-state index contributed by atoms with van der Waals surface area (Å²) in [5, 5.41) is 1.70. The Hall–Kier alpha value is 0.0343. The van der Waals surface area contributed by atoms with E-state index in [1.807, 2.05) is 0 Å². The van der Waals surface area contributed by atoms with Gasteiger partial charge in [0.15, 0.2) is 0 Å². The molecule has 0 radical (unpaired) electrons. The van der Waals surface area contributed by atoms with Gasteiger partial charge in [0, 0.05) is 0 Å². The molecule has 0 aliphatic carbocycles. The Morgan fingerprint density at radius 3 is 1.40 bits per heavy atom. The van der Waals surface area contributed by atoms with Gasteiger partial charge in [-0.15, -0.1) is 0 Å². The van der Waals surface area contributed by atoms with Crippen LogP contribution in [-0.4, -0.2) is 8.07 Å². The van der Waals surface area contributed by atoms with Gasteiger partial charge in [-0.2, -0.15) is 0 Å². The summed E-state index contributed by atoms with van der Waals surface area (Å²) in [7, 11) is -1.25. The molecule has 0 nitrogen and oxygen atoms in total. The third-order valence-corrected chi connectivity index (χ3v) is 10.5. The molecular formula is C18H33LiSi. The van der Waals surface area contributed by atoms with E-state index in [1.165, 1.54) is 29.3 Å². The molecule has 2 heteroatoms. The SMILES string of the molecule is CC[Si](CC)(CC)c1cc(C(C)C)cc(C(C)C)c1.[H-].[Li+]. The van der Waals surface area contributed by atoms with Gasteiger partial charge in [-0.25, -0.2) is 0 Å². The summed E-state index contributed by atoms with van der Waals surface area (Å²) in [6.07, 6.45) is 0. The minimum atomic E-state index is -1.25. The van der Waals surface area contributed by atoms with E-state index in [2.05, 4.69) is 66.7 Å². The molecule has 0 saturated heterocycles. The molecule has 0 N–H and O–H groups in total. The van der Waals surface area contributed by atoms with Crippen molar-refractivity contribution in [3.8, 4) is 0 Å². The van der Waals surface area contributed by atoms with Crippen molar-refractivity contribution >= 4 is 13.3 Å². The van der Waals surface area contributed by atoms with Crippen LogP contribution in [-0.2, 0) is 0 Å². The first-order valence-corrected chi connectivity index (χ1v) is 10.7. The molecule has 0 aliphatic heterocycles. The van der Waals surface area contributed by atoms with E-state index in [0.717, 1.165) is 0 Å². The van der Waals surface area contributed by atoms with Crippen LogP contribution >= 0.6 is 0 Å². The van der Waals surface area contributed by atoms with Gasteiger partial charge in [-0.1, -0.05) is 90.0 Å². The van der Waals surface area contributed by atoms with Crippen LogP contribution in [0.3, 0.4) is 0 Å². The maximum atomic E-state index is 2.53. The second-order valence-electron chi connectivity index (χ2n) is 6.54. The average Bonchev–Trinajstić information content (AvgIpc) is 2.41. The Kier molecular flexibility index (Phi) is 8.48. The van der Waals surface area contributed by atoms with E-state index in [9.17, 15) is 0 Å². The first-order valence-electron chi connectivity index (χ1n) is 8.05. The molecule has 1 rings (SSSR count). The number of benzene rings is 1. The molecule has 0 amide bonds. The van der Waals surface area contributed by atoms with Crippen molar-refractivity contribution in [2.75, 3.05) is 0 Å². The maximum Gasteiger partial charge on any atom is 1.00 e. The minimum Gasteiger partial charge on any atom is -1.00 e. The third-order valence-electron chi connectivity index (χ3n) is 4.95. The predicted octanol–water partition coefficient (Wildman–Crippen LogP) is 2.77. The van der Waals surface area contributed by atoms with Crippen LogP contribution in [0.5, 0.6) is 0 Å². The average molecular weight is 284 g/mol. The summed E-state index contributed by atoms with van der Waals surface area (Å²) in [4.78, 5) is 0. The van der Waals surface area contributed by atoms with Crippen LogP contribution in [0.25, 0.3) is 0 Å². The quantitative estimate of drug-likeness (QED) is 0.705. The van der Waals surface area contributed by atoms with Gasteiger partial charge < -0.3 is 1.43 Å². The first-order chi connectivity index (χ1) is 8.90. The zero-order valence-electron chi connectivity index (χ0n) is 16.0. The number of hydrogen-bond acceptors (Lipinski definition) is 0. The number of rotatable bonds is 6. The summed E-state index contributed by atoms with van der Waals surface area (Å²) in [6, 6.07) is 11.6. The van der Waals surface area contributed by atoms with E-state index < -0.39 is 8.07 Å². The molecule has 0 unspecified atom stereocenters. The monoisotopic (exact) mass is 284 g/mol. The van der Waals surface area contributed by atoms with Crippen molar-refractivity contribution in [2.45, 2.75) is 78.4 Å². The molecule has 0 aromatic heterocycles. The molecule has 0 heterocycles. The standard InChI is InChI=1S/C18H32Si.Li.H/c1-8-19(9-2,10-3)18-12-16(14(4)5)11-17(13-18)15(6)7;;/h11-15H,8-10H2,1-7H3;;/q;+1;-1. The molecule has 110 valence electrons. The van der Waals surface area contributed by atoms with Gasteiger partial charge in [0.2, 0.25) is 0 Å². The molecule has 20 heavy (non-hydrogen) atoms. The Balaban J connectivity index is 0. The van der Waals surface area contributed by atoms with E-state index in [1.54, 1.807) is 5.19 Å². The summed E-state index contributed by atoms with van der Waals surface area (Å²) in [5.74, 6) is 1.27. The molecule has 0 atom stereocenters. The molecule has 0 spiro atoms. The van der Waals surface area contributed by atoms with Crippen molar-refractivity contribution in [2.24, 2.45) is 0 Å². The van der Waals surface area contributed by atoms with Crippen molar-refractivity contribution in [1.82, 2.24) is 0 Å². The van der Waals surface area contributed by atoms with Crippen LogP contribution in [0.15, 0.2) is 18.2 Å². The second-order valence-corrected chi connectivity index (χ2v) is 11.8. The fourth-order valence-electron chi connectivity index (χ4n) is 3.01. The van der Waals surface area contributed by atoms with E-state index in [0.29, 0.717) is 11.8 Å². The van der Waals surface area contributed by atoms with Crippen molar-refractivity contribution < 1.29 is 20.3 Å². The molecule has 0 fully saturated rings. The summed E-state index contributed by atoms with van der Waals surface area (Å²) < 4.78 is 0. The van der Waals surface area contributed by atoms with Gasteiger partial charge in [-0.05, 0) is 23.0 Å². The topological polar surface area (TPSA) is 0 Å². The van der Waals surface area contributed by atoms with Crippen LogP contribution in [0.4, 0.5) is 0 Å². The molecule has 0 aliphatic rings. The van der Waals surface area contributed by atoms with Gasteiger partial charge in [0.25, 0.3) is 0 Å². The molecule has 0 bridgehead atoms. The van der Waals surface area contributed by atoms with Crippen LogP contribution in [0, 0.1) is 0 Å². The van der Waals surface area contributed by atoms with Crippen molar-refractivity contribution in [3.63, 3.8) is 0 Å². The molecule has 0 saturated carbocycles. The van der Waals surface area contributed by atoms with E-state index in [-0.39, 0.29) is 20.3 Å². The Morgan fingerprint density at radius 2 is 1.15 bits per heavy atom. The summed E-state index contributed by atoms with van der Waals surface area (Å²) in [5.41, 5.74) is 3.07. The van der Waals surface area contributed by atoms with E-state index in [4.69, 9.17) is 0 Å². The van der Waals surface area contributed by atoms with E-state index >= 15 is 0 Å². The van der Waals surface area contributed by atoms with Crippen LogP contribution in [0.2, 0.25) is 18.1 Å². The normalized spacial score (nSPS) is 11.8. The smallest absolute Gasteiger partial charge is 1.00 e. The Morgan fingerprint density at radius 1 is 0.800 bits per heavy atom. The van der Waals surface area contributed by atoms with Crippen molar-refractivity contribution in [1.29, 1.82) is 0 Å². The van der Waals surface area contributed by atoms with Gasteiger partial charge in [0.05, 0.1) is 8.07 Å². The summed E-state index contributed by atoms with van der Waals surface area (Å²) in [6.45, 7) is 16.5. The zero-order valence-corrected chi connectivity index (χ0v) is 16.0. The third kappa shape index (κ3) is 4.26. The number of hydrogen-bond donors (Lipinski definition) is 0. The molecule has 1 aromatic rings. The minimum absolute atomic E-state index is 0. The Bertz CT molecular complexity index is 377. The molecule has 1 aromatic carbocycles. The van der Waals surface area contributed by atoms with Gasteiger partial charge in [-0.3, -0.25) is 0 Å². The Labute approximate surface area is 141 Å². The fraction of sp³-hybridized carbons (Fsp3) is 0.667. The van der Waals surface area contributed by atoms with Crippen LogP contribution < -0.4 is 24.0 Å². The van der Waals surface area contributed by atoms with Crippen molar-refractivity contribution in [3.05, 3.63) is 29.3 Å². The second kappa shape index (κ2) is 8.47. The fourth-order valence-corrected chi connectivity index (χ4v) is 6.68. The summed E-state index contributed by atoms with van der Waals surface area (Å²) >= 11 is 0. The van der Waals surface area contributed by atoms with Gasteiger partial charge >= 0.3 is 18.9 Å². The zero-order chi connectivity index (χ0) is 14.6. The maximum absolute atomic E-state index is 2.53. The first kappa shape index (κ1) is 20.0. The van der Waals surface area contributed by atoms with Crippen LogP contribution in [0.1, 0.15) is 72.9 Å².